The second kappa shape index (κ2) is 14.5. The first kappa shape index (κ1) is 29.8. The molecule has 4 aromatic heterocycles. The Kier molecular flexibility index (Phi) is 9.83. The maximum atomic E-state index is 12.6. The van der Waals surface area contributed by atoms with Crippen molar-refractivity contribution in [3.8, 4) is 12.0 Å². The number of esters is 2. The zero-order valence-corrected chi connectivity index (χ0v) is 25.2. The van der Waals surface area contributed by atoms with Gasteiger partial charge in [-0.1, -0.05) is 0 Å². The molecule has 0 radical (unpaired) electrons. The summed E-state index contributed by atoms with van der Waals surface area (Å²) < 4.78 is 19.2. The van der Waals surface area contributed by atoms with Gasteiger partial charge in [-0.3, -0.25) is 9.59 Å². The normalized spacial score (nSPS) is 22.1. The van der Waals surface area contributed by atoms with Crippen molar-refractivity contribution in [2.24, 2.45) is 23.7 Å². The molecule has 0 spiro atoms. The van der Waals surface area contributed by atoms with E-state index in [4.69, 9.17) is 9.47 Å². The van der Waals surface area contributed by atoms with Crippen molar-refractivity contribution in [3.63, 3.8) is 0 Å². The number of carbonyl (C=O) groups excluding carboxylic acids is 2. The van der Waals surface area contributed by atoms with Crippen LogP contribution in [-0.4, -0.2) is 50.1 Å². The third-order valence-electron chi connectivity index (χ3n) is 9.20. The van der Waals surface area contributed by atoms with Crippen LogP contribution in [0.3, 0.4) is 0 Å². The van der Waals surface area contributed by atoms with E-state index in [1.54, 1.807) is 12.4 Å². The summed E-state index contributed by atoms with van der Waals surface area (Å²) in [5, 5.41) is 0. The summed E-state index contributed by atoms with van der Waals surface area (Å²) in [7, 11) is 0. The monoisotopic (exact) mass is 602 g/mol. The lowest BCUT2D eigenvalue weighted by atomic mass is 9.82. The summed E-state index contributed by atoms with van der Waals surface area (Å²) in [6, 6.07) is 0.554. The van der Waals surface area contributed by atoms with E-state index in [-0.39, 0.29) is 24.9 Å². The third-order valence-corrected chi connectivity index (χ3v) is 9.20. The molecule has 6 rings (SSSR count). The Morgan fingerprint density at radius 3 is 1.32 bits per heavy atom. The van der Waals surface area contributed by atoms with Crippen LogP contribution in [0.25, 0.3) is 0 Å². The van der Waals surface area contributed by atoms with Crippen LogP contribution in [0.5, 0.6) is 12.0 Å². The number of hydrogen-bond acceptors (Lipinski definition) is 8. The topological polar surface area (TPSA) is 124 Å². The van der Waals surface area contributed by atoms with Gasteiger partial charge >= 0.3 is 24.0 Å². The molecule has 0 aromatic carbocycles. The van der Waals surface area contributed by atoms with Gasteiger partial charge in [0.15, 0.2) is 0 Å². The highest BCUT2D eigenvalue weighted by molar-refractivity contribution is 5.79. The summed E-state index contributed by atoms with van der Waals surface area (Å²) in [4.78, 5) is 41.9. The van der Waals surface area contributed by atoms with E-state index in [1.165, 1.54) is 25.7 Å². The molecule has 0 amide bonds. The van der Waals surface area contributed by atoms with Crippen LogP contribution in [0.2, 0.25) is 0 Å². The van der Waals surface area contributed by atoms with Gasteiger partial charge in [-0.2, -0.15) is 0 Å². The van der Waals surface area contributed by atoms with Gasteiger partial charge in [0.25, 0.3) is 0 Å². The molecule has 2 aliphatic rings. The van der Waals surface area contributed by atoms with Gasteiger partial charge < -0.3 is 27.7 Å². The lowest BCUT2D eigenvalue weighted by Crippen LogP contribution is -2.23. The Bertz CT molecular complexity index is 1330. The first-order chi connectivity index (χ1) is 21.6. The second-order valence-electron chi connectivity index (χ2n) is 12.5. The van der Waals surface area contributed by atoms with Gasteiger partial charge in [0.2, 0.25) is 0 Å². The Morgan fingerprint density at radius 1 is 0.568 bits per heavy atom. The fraction of sp³-hybridized carbons (Fsp3) is 0.562. The van der Waals surface area contributed by atoms with E-state index < -0.39 is 11.9 Å². The van der Waals surface area contributed by atoms with E-state index in [1.807, 2.05) is 59.0 Å². The number of imidazole rings is 4. The zero-order chi connectivity index (χ0) is 30.1. The molecule has 0 saturated heterocycles. The fourth-order valence-electron chi connectivity index (χ4n) is 6.72. The molecule has 2 aliphatic carbocycles. The molecule has 0 bridgehead atoms. The summed E-state index contributed by atoms with van der Waals surface area (Å²) in [5.74, 6) is 1.34. The molecule has 2 saturated carbocycles. The number of aromatic nitrogens is 8. The van der Waals surface area contributed by atoms with Gasteiger partial charge in [-0.05, 0) is 75.0 Å². The summed E-state index contributed by atoms with van der Waals surface area (Å²) in [6.07, 6.45) is 27.4. The molecule has 4 heterocycles. The number of carbonyl (C=O) groups is 2. The molecule has 44 heavy (non-hydrogen) atoms. The van der Waals surface area contributed by atoms with Crippen LogP contribution >= 0.6 is 0 Å². The smallest absolute Gasteiger partial charge is 0.314 e. The Hall–Kier alpha value is -4.22. The molecular formula is C32H42N8O4. The predicted octanol–water partition coefficient (Wildman–Crippen LogP) is 4.78. The van der Waals surface area contributed by atoms with E-state index in [2.05, 4.69) is 29.1 Å². The van der Waals surface area contributed by atoms with Gasteiger partial charge in [-0.15, -0.1) is 0 Å². The van der Waals surface area contributed by atoms with E-state index in [0.717, 1.165) is 51.9 Å². The molecule has 12 nitrogen and oxygen atoms in total. The summed E-state index contributed by atoms with van der Waals surface area (Å²) in [5.41, 5.74) is 0. The first-order valence-electron chi connectivity index (χ1n) is 15.9. The van der Waals surface area contributed by atoms with Crippen LogP contribution in [0.4, 0.5) is 0 Å². The quantitative estimate of drug-likeness (QED) is 0.200. The fourth-order valence-corrected chi connectivity index (χ4v) is 6.72. The number of rotatable bonds is 13. The van der Waals surface area contributed by atoms with Crippen molar-refractivity contribution in [2.75, 3.05) is 0 Å². The average molecular weight is 603 g/mol. The van der Waals surface area contributed by atoms with Crippen molar-refractivity contribution >= 4 is 11.9 Å². The van der Waals surface area contributed by atoms with Crippen LogP contribution < -0.4 is 9.47 Å². The molecule has 0 unspecified atom stereocenters. The molecule has 12 heteroatoms. The minimum atomic E-state index is -0.505. The second-order valence-corrected chi connectivity index (χ2v) is 12.5. The lowest BCUT2D eigenvalue weighted by Gasteiger charge is -2.29. The van der Waals surface area contributed by atoms with Crippen LogP contribution in [0.1, 0.15) is 64.2 Å². The lowest BCUT2D eigenvalue weighted by molar-refractivity contribution is -0.141. The molecule has 0 aliphatic heterocycles. The first-order valence-corrected chi connectivity index (χ1v) is 15.9. The highest BCUT2D eigenvalue weighted by Gasteiger charge is 2.25. The zero-order valence-electron chi connectivity index (χ0n) is 25.2. The maximum absolute atomic E-state index is 12.6. The standard InChI is InChI=1S/C32H42N8O4/c41-29(43-31-35-13-17-39(31)21-27-5-1-25(2-6-27)19-37-15-11-33-23-37)9-10-30(42)44-32-36-14-18-40(32)22-28-7-3-26(4-8-28)20-38-16-12-34-24-38/h11-18,23-28H,1-10,19-22H2. The third kappa shape index (κ3) is 8.23. The van der Waals surface area contributed by atoms with Crippen molar-refractivity contribution in [3.05, 3.63) is 62.2 Å². The minimum absolute atomic E-state index is 0.0906. The van der Waals surface area contributed by atoms with Gasteiger partial charge in [0.05, 0.1) is 25.5 Å². The number of ether oxygens (including phenoxy) is 2. The summed E-state index contributed by atoms with van der Waals surface area (Å²) >= 11 is 0. The van der Waals surface area contributed by atoms with Crippen LogP contribution in [0, 0.1) is 23.7 Å². The summed E-state index contributed by atoms with van der Waals surface area (Å²) in [6.45, 7) is 3.55. The van der Waals surface area contributed by atoms with Crippen molar-refractivity contribution in [1.29, 1.82) is 0 Å². The Balaban J connectivity index is 0.898. The van der Waals surface area contributed by atoms with Gasteiger partial charge in [0.1, 0.15) is 0 Å². The largest absolute Gasteiger partial charge is 0.392 e. The van der Waals surface area contributed by atoms with E-state index >= 15 is 0 Å². The Labute approximate surface area is 257 Å². The number of nitrogens with zero attached hydrogens (tertiary/aromatic N) is 8. The van der Waals surface area contributed by atoms with Crippen molar-refractivity contribution in [1.82, 2.24) is 38.2 Å². The number of hydrogen-bond donors (Lipinski definition) is 0. The van der Waals surface area contributed by atoms with Gasteiger partial charge in [0, 0.05) is 75.8 Å². The molecule has 2 fully saturated rings. The van der Waals surface area contributed by atoms with Crippen LogP contribution in [-0.2, 0) is 35.8 Å². The van der Waals surface area contributed by atoms with E-state index in [9.17, 15) is 9.59 Å². The molecule has 234 valence electrons. The average Bonchev–Trinajstić information content (AvgIpc) is 3.86. The van der Waals surface area contributed by atoms with Crippen molar-refractivity contribution in [2.45, 2.75) is 90.4 Å². The molecular weight excluding hydrogens is 560 g/mol. The van der Waals surface area contributed by atoms with Crippen LogP contribution in [0.15, 0.2) is 62.2 Å². The predicted molar refractivity (Wildman–Crippen MR) is 160 cm³/mol. The molecule has 0 atom stereocenters. The highest BCUT2D eigenvalue weighted by atomic mass is 16.6. The SMILES string of the molecule is O=C(CCC(=O)Oc1nccn1CC1CCC(Cn2ccnc2)CC1)Oc1nccn1CC1CCC(Cn2ccnc2)CC1. The molecule has 0 N–H and O–H groups in total. The van der Waals surface area contributed by atoms with Crippen molar-refractivity contribution < 1.29 is 19.1 Å². The van der Waals surface area contributed by atoms with Gasteiger partial charge in [-0.25, -0.2) is 19.9 Å². The maximum Gasteiger partial charge on any atom is 0.314 e. The Morgan fingerprint density at radius 2 is 0.955 bits per heavy atom. The highest BCUT2D eigenvalue weighted by Crippen LogP contribution is 2.33. The van der Waals surface area contributed by atoms with E-state index in [0.29, 0.717) is 23.7 Å². The minimum Gasteiger partial charge on any atom is -0.392 e. The molecule has 4 aromatic rings.